The predicted molar refractivity (Wildman–Crippen MR) is 116 cm³/mol. The summed E-state index contributed by atoms with van der Waals surface area (Å²) in [6, 6.07) is 9.98. The lowest BCUT2D eigenvalue weighted by atomic mass is 10.1. The number of carbonyl (C=O) groups excluding carboxylic acids is 2. The smallest absolute Gasteiger partial charge is 0.238 e. The van der Waals surface area contributed by atoms with Crippen LogP contribution in [0.2, 0.25) is 0 Å². The van der Waals surface area contributed by atoms with E-state index in [9.17, 15) is 14.0 Å². The molecule has 7 nitrogen and oxygen atoms in total. The van der Waals surface area contributed by atoms with Crippen molar-refractivity contribution < 1.29 is 23.5 Å². The molecule has 2 aromatic carbocycles. The summed E-state index contributed by atoms with van der Waals surface area (Å²) in [6.07, 6.45) is 0.827. The Labute approximate surface area is 180 Å². The van der Waals surface area contributed by atoms with Gasteiger partial charge in [-0.1, -0.05) is 0 Å². The predicted octanol–water partition coefficient (Wildman–Crippen LogP) is 2.95. The molecule has 2 aliphatic rings. The molecular weight excluding hydrogens is 401 g/mol. The van der Waals surface area contributed by atoms with Crippen molar-refractivity contribution in [1.82, 2.24) is 4.90 Å². The number of Topliss-reactive ketones (excluding diaryl/α,β-unsaturated/α-hetero) is 1. The van der Waals surface area contributed by atoms with Gasteiger partial charge in [-0.25, -0.2) is 4.39 Å². The first kappa shape index (κ1) is 21.1. The number of rotatable bonds is 5. The fourth-order valence-electron chi connectivity index (χ4n) is 3.77. The SMILES string of the molecule is CC(=O)c1ccc(N2CCN(CC(=O)Nc3ccc4c(c3)OCCCO4)CC2)c(F)c1. The fraction of sp³-hybridized carbons (Fsp3) is 0.391. The van der Waals surface area contributed by atoms with E-state index in [0.29, 0.717) is 67.8 Å². The maximum Gasteiger partial charge on any atom is 0.238 e. The van der Waals surface area contributed by atoms with Gasteiger partial charge in [-0.15, -0.1) is 0 Å². The van der Waals surface area contributed by atoms with E-state index in [1.54, 1.807) is 30.3 Å². The standard InChI is InChI=1S/C23H26FN3O4/c1-16(28)17-3-5-20(19(24)13-17)27-9-7-26(8-10-27)15-23(29)25-18-4-6-21-22(14-18)31-12-2-11-30-21/h3-6,13-14H,2,7-12,15H2,1H3,(H,25,29). The first-order valence-corrected chi connectivity index (χ1v) is 10.5. The second-order valence-electron chi connectivity index (χ2n) is 7.75. The summed E-state index contributed by atoms with van der Waals surface area (Å²) >= 11 is 0. The van der Waals surface area contributed by atoms with Crippen molar-refractivity contribution in [3.8, 4) is 11.5 Å². The molecule has 0 atom stereocenters. The molecule has 1 amide bonds. The van der Waals surface area contributed by atoms with Crippen LogP contribution in [0.5, 0.6) is 11.5 Å². The third-order valence-corrected chi connectivity index (χ3v) is 5.47. The van der Waals surface area contributed by atoms with Gasteiger partial charge in [0.2, 0.25) is 5.91 Å². The largest absolute Gasteiger partial charge is 0.490 e. The summed E-state index contributed by atoms with van der Waals surface area (Å²) in [6.45, 7) is 5.38. The highest BCUT2D eigenvalue weighted by Crippen LogP contribution is 2.32. The number of amides is 1. The summed E-state index contributed by atoms with van der Waals surface area (Å²) in [4.78, 5) is 27.9. The van der Waals surface area contributed by atoms with E-state index in [2.05, 4.69) is 5.32 Å². The number of fused-ring (bicyclic) bond motifs is 1. The van der Waals surface area contributed by atoms with Crippen LogP contribution in [0.1, 0.15) is 23.7 Å². The molecule has 4 rings (SSSR count). The van der Waals surface area contributed by atoms with Gasteiger partial charge in [0.05, 0.1) is 25.4 Å². The van der Waals surface area contributed by atoms with Crippen molar-refractivity contribution in [3.05, 3.63) is 47.8 Å². The highest BCUT2D eigenvalue weighted by atomic mass is 19.1. The molecule has 0 aromatic heterocycles. The van der Waals surface area contributed by atoms with Gasteiger partial charge in [-0.3, -0.25) is 14.5 Å². The first-order chi connectivity index (χ1) is 15.0. The van der Waals surface area contributed by atoms with E-state index in [1.165, 1.54) is 13.0 Å². The minimum absolute atomic E-state index is 0.111. The molecular formula is C23H26FN3O4. The van der Waals surface area contributed by atoms with Crippen LogP contribution < -0.4 is 19.7 Å². The van der Waals surface area contributed by atoms with Gasteiger partial charge in [0.25, 0.3) is 0 Å². The van der Waals surface area contributed by atoms with Gasteiger partial charge < -0.3 is 19.7 Å². The van der Waals surface area contributed by atoms with Crippen molar-refractivity contribution in [2.24, 2.45) is 0 Å². The summed E-state index contributed by atoms with van der Waals surface area (Å²) in [5, 5.41) is 2.91. The number of halogens is 1. The van der Waals surface area contributed by atoms with Crippen LogP contribution in [0.3, 0.4) is 0 Å². The van der Waals surface area contributed by atoms with Crippen molar-refractivity contribution >= 4 is 23.1 Å². The average Bonchev–Trinajstić information content (AvgIpc) is 2.99. The molecule has 0 saturated carbocycles. The van der Waals surface area contributed by atoms with E-state index in [4.69, 9.17) is 9.47 Å². The van der Waals surface area contributed by atoms with Crippen LogP contribution in [-0.4, -0.2) is 62.5 Å². The number of hydrogen-bond acceptors (Lipinski definition) is 6. The molecule has 0 aliphatic carbocycles. The van der Waals surface area contributed by atoms with Crippen molar-refractivity contribution in [2.75, 3.05) is 56.2 Å². The van der Waals surface area contributed by atoms with Gasteiger partial charge >= 0.3 is 0 Å². The molecule has 8 heteroatoms. The molecule has 31 heavy (non-hydrogen) atoms. The van der Waals surface area contributed by atoms with Crippen LogP contribution in [0.15, 0.2) is 36.4 Å². The number of hydrogen-bond donors (Lipinski definition) is 1. The number of carbonyl (C=O) groups is 2. The number of piperazine rings is 1. The van der Waals surface area contributed by atoms with Gasteiger partial charge in [0.15, 0.2) is 17.3 Å². The zero-order valence-electron chi connectivity index (χ0n) is 17.5. The number of anilines is 2. The number of ether oxygens (including phenoxy) is 2. The summed E-state index contributed by atoms with van der Waals surface area (Å²) < 4.78 is 25.7. The molecule has 1 saturated heterocycles. The van der Waals surface area contributed by atoms with Gasteiger partial charge in [0, 0.05) is 49.9 Å². The van der Waals surface area contributed by atoms with E-state index in [-0.39, 0.29) is 18.2 Å². The third-order valence-electron chi connectivity index (χ3n) is 5.47. The molecule has 1 fully saturated rings. The van der Waals surface area contributed by atoms with Crippen LogP contribution in [0.4, 0.5) is 15.8 Å². The minimum atomic E-state index is -0.395. The van der Waals surface area contributed by atoms with E-state index >= 15 is 0 Å². The molecule has 0 radical (unpaired) electrons. The normalized spacial score (nSPS) is 16.5. The second-order valence-corrected chi connectivity index (χ2v) is 7.75. The molecule has 164 valence electrons. The van der Waals surface area contributed by atoms with E-state index < -0.39 is 5.82 Å². The third kappa shape index (κ3) is 5.14. The van der Waals surface area contributed by atoms with Crippen LogP contribution >= 0.6 is 0 Å². The number of nitrogens with one attached hydrogen (secondary N) is 1. The van der Waals surface area contributed by atoms with Gasteiger partial charge in [-0.2, -0.15) is 0 Å². The maximum absolute atomic E-state index is 14.4. The summed E-state index contributed by atoms with van der Waals surface area (Å²) in [7, 11) is 0. The Kier molecular flexibility index (Phi) is 6.36. The van der Waals surface area contributed by atoms with Crippen LogP contribution in [0, 0.1) is 5.82 Å². The molecule has 1 N–H and O–H groups in total. The summed E-state index contributed by atoms with van der Waals surface area (Å²) in [5.74, 6) is 0.667. The van der Waals surface area contributed by atoms with Crippen molar-refractivity contribution in [2.45, 2.75) is 13.3 Å². The van der Waals surface area contributed by atoms with Crippen molar-refractivity contribution in [3.63, 3.8) is 0 Å². The lowest BCUT2D eigenvalue weighted by molar-refractivity contribution is -0.117. The zero-order chi connectivity index (χ0) is 21.8. The quantitative estimate of drug-likeness (QED) is 0.740. The summed E-state index contributed by atoms with van der Waals surface area (Å²) in [5.41, 5.74) is 1.52. The average molecular weight is 427 g/mol. The Morgan fingerprint density at radius 2 is 1.74 bits per heavy atom. The van der Waals surface area contributed by atoms with Crippen LogP contribution in [0.25, 0.3) is 0 Å². The highest BCUT2D eigenvalue weighted by Gasteiger charge is 2.22. The topological polar surface area (TPSA) is 71.1 Å². The Morgan fingerprint density at radius 3 is 2.45 bits per heavy atom. The van der Waals surface area contributed by atoms with E-state index in [0.717, 1.165) is 6.42 Å². The molecule has 0 bridgehead atoms. The Hall–Kier alpha value is -3.13. The second kappa shape index (κ2) is 9.34. The van der Waals surface area contributed by atoms with Gasteiger partial charge in [0.1, 0.15) is 5.82 Å². The lowest BCUT2D eigenvalue weighted by Gasteiger charge is -2.35. The minimum Gasteiger partial charge on any atom is -0.490 e. The molecule has 2 aromatic rings. The first-order valence-electron chi connectivity index (χ1n) is 10.5. The highest BCUT2D eigenvalue weighted by molar-refractivity contribution is 5.94. The monoisotopic (exact) mass is 427 g/mol. The molecule has 0 spiro atoms. The number of benzene rings is 2. The number of nitrogens with zero attached hydrogens (tertiary/aromatic N) is 2. The van der Waals surface area contributed by atoms with Gasteiger partial charge in [-0.05, 0) is 37.3 Å². The fourth-order valence-corrected chi connectivity index (χ4v) is 3.77. The Morgan fingerprint density at radius 1 is 1.00 bits per heavy atom. The molecule has 2 heterocycles. The Bertz CT molecular complexity index is 973. The van der Waals surface area contributed by atoms with Crippen molar-refractivity contribution in [1.29, 1.82) is 0 Å². The van der Waals surface area contributed by atoms with E-state index in [1.807, 2.05) is 9.80 Å². The number of ketones is 1. The Balaban J connectivity index is 1.29. The maximum atomic E-state index is 14.4. The van der Waals surface area contributed by atoms with Crippen LogP contribution in [-0.2, 0) is 4.79 Å². The lowest BCUT2D eigenvalue weighted by Crippen LogP contribution is -2.48. The molecule has 0 unspecified atom stereocenters. The zero-order valence-corrected chi connectivity index (χ0v) is 17.5. The molecule has 2 aliphatic heterocycles.